The highest BCUT2D eigenvalue weighted by Gasteiger charge is 2.68. The number of carbonyl (C=O) groups is 2. The van der Waals surface area contributed by atoms with Gasteiger partial charge in [0.2, 0.25) is 0 Å². The van der Waals surface area contributed by atoms with Crippen molar-refractivity contribution in [3.05, 3.63) is 11.6 Å². The monoisotopic (exact) mass is 372 g/mol. The van der Waals surface area contributed by atoms with E-state index >= 15 is 0 Å². The lowest BCUT2D eigenvalue weighted by molar-refractivity contribution is -0.187. The lowest BCUT2D eigenvalue weighted by atomic mass is 9.45. The minimum absolute atomic E-state index is 0.0504. The predicted molar refractivity (Wildman–Crippen MR) is 106 cm³/mol. The number of esters is 1. The number of ether oxygens (including phenoxy) is 1. The molecule has 4 aliphatic rings. The number of ketones is 1. The van der Waals surface area contributed by atoms with Gasteiger partial charge in [0.05, 0.1) is 0 Å². The predicted octanol–water partition coefficient (Wildman–Crippen LogP) is 5.48. The molecule has 27 heavy (non-hydrogen) atoms. The van der Waals surface area contributed by atoms with Crippen molar-refractivity contribution in [3.63, 3.8) is 0 Å². The fourth-order valence-electron chi connectivity index (χ4n) is 8.27. The molecule has 7 atom stereocenters. The Bertz CT molecular complexity index is 694. The van der Waals surface area contributed by atoms with Crippen LogP contribution in [0.1, 0.15) is 86.0 Å². The van der Waals surface area contributed by atoms with E-state index in [-0.39, 0.29) is 17.2 Å². The molecule has 0 spiro atoms. The SMILES string of the molecule is CC(=O)O[C@]1(C(C)=O)CC[C@H]2[C@@H]3CC(C)C4=CCCC[C@]4(C)[C@H]3CC[C@@]21C. The van der Waals surface area contributed by atoms with E-state index in [9.17, 15) is 9.59 Å². The molecule has 3 heteroatoms. The van der Waals surface area contributed by atoms with E-state index in [1.807, 2.05) is 0 Å². The maximum absolute atomic E-state index is 12.8. The highest BCUT2D eigenvalue weighted by molar-refractivity contribution is 5.89. The zero-order valence-electron chi connectivity index (χ0n) is 17.8. The van der Waals surface area contributed by atoms with E-state index in [1.165, 1.54) is 32.6 Å². The molecule has 150 valence electrons. The van der Waals surface area contributed by atoms with Gasteiger partial charge in [-0.2, -0.15) is 0 Å². The first kappa shape index (κ1) is 19.2. The van der Waals surface area contributed by atoms with Crippen molar-refractivity contribution in [2.24, 2.45) is 34.5 Å². The number of rotatable bonds is 2. The van der Waals surface area contributed by atoms with Crippen molar-refractivity contribution in [1.29, 1.82) is 0 Å². The molecular weight excluding hydrogens is 336 g/mol. The molecule has 3 nitrogen and oxygen atoms in total. The van der Waals surface area contributed by atoms with E-state index < -0.39 is 5.60 Å². The topological polar surface area (TPSA) is 43.4 Å². The van der Waals surface area contributed by atoms with Crippen molar-refractivity contribution in [1.82, 2.24) is 0 Å². The summed E-state index contributed by atoms with van der Waals surface area (Å²) in [6.07, 6.45) is 11.5. The second-order valence-corrected chi connectivity index (χ2v) is 10.5. The van der Waals surface area contributed by atoms with Crippen LogP contribution >= 0.6 is 0 Å². The largest absolute Gasteiger partial charge is 0.451 e. The number of allylic oxidation sites excluding steroid dienone is 2. The van der Waals surface area contributed by atoms with E-state index in [1.54, 1.807) is 12.5 Å². The molecule has 0 amide bonds. The summed E-state index contributed by atoms with van der Waals surface area (Å²) in [5, 5.41) is 0. The minimum atomic E-state index is -0.901. The van der Waals surface area contributed by atoms with Gasteiger partial charge in [0.1, 0.15) is 0 Å². The fraction of sp³-hybridized carbons (Fsp3) is 0.833. The summed E-state index contributed by atoms with van der Waals surface area (Å²) in [4.78, 5) is 24.7. The van der Waals surface area contributed by atoms with Crippen LogP contribution in [0.15, 0.2) is 11.6 Å². The average molecular weight is 373 g/mol. The molecule has 0 saturated heterocycles. The molecule has 1 unspecified atom stereocenters. The first-order valence-corrected chi connectivity index (χ1v) is 11.1. The van der Waals surface area contributed by atoms with Crippen LogP contribution in [-0.2, 0) is 14.3 Å². The Balaban J connectivity index is 1.73. The molecule has 0 radical (unpaired) electrons. The molecule has 3 fully saturated rings. The Morgan fingerprint density at radius 2 is 1.78 bits per heavy atom. The van der Waals surface area contributed by atoms with Gasteiger partial charge < -0.3 is 4.74 Å². The van der Waals surface area contributed by atoms with Crippen LogP contribution in [0.4, 0.5) is 0 Å². The van der Waals surface area contributed by atoms with Crippen LogP contribution < -0.4 is 0 Å². The van der Waals surface area contributed by atoms with E-state index in [0.29, 0.717) is 29.6 Å². The highest BCUT2D eigenvalue weighted by atomic mass is 16.6. The summed E-state index contributed by atoms with van der Waals surface area (Å²) in [6.45, 7) is 10.3. The summed E-state index contributed by atoms with van der Waals surface area (Å²) in [5.74, 6) is 2.24. The molecule has 0 N–H and O–H groups in total. The van der Waals surface area contributed by atoms with Crippen molar-refractivity contribution in [2.45, 2.75) is 91.6 Å². The van der Waals surface area contributed by atoms with E-state index in [2.05, 4.69) is 26.8 Å². The van der Waals surface area contributed by atoms with Gasteiger partial charge in [0, 0.05) is 12.3 Å². The third kappa shape index (κ3) is 2.45. The van der Waals surface area contributed by atoms with Crippen molar-refractivity contribution < 1.29 is 14.3 Å². The molecule has 0 aromatic rings. The van der Waals surface area contributed by atoms with Crippen LogP contribution in [0, 0.1) is 34.5 Å². The first-order chi connectivity index (χ1) is 12.7. The zero-order valence-corrected chi connectivity index (χ0v) is 17.8. The molecule has 0 aliphatic heterocycles. The number of fused-ring (bicyclic) bond motifs is 5. The second kappa shape index (κ2) is 6.19. The van der Waals surface area contributed by atoms with Crippen molar-refractivity contribution in [3.8, 4) is 0 Å². The highest BCUT2D eigenvalue weighted by Crippen LogP contribution is 2.69. The molecular formula is C24H36O3. The standard InChI is InChI=1S/C24H36O3/c1-15-14-18-20(22(4)11-7-6-8-19(15)22)9-12-23(5)21(18)10-13-24(23,16(2)25)27-17(3)26/h8,15,18,20-21H,6-7,9-14H2,1-5H3/t15?,18-,20+,21+,22+,23+,24+/m1/s1. The van der Waals surface area contributed by atoms with Crippen LogP contribution in [0.5, 0.6) is 0 Å². The number of Topliss-reactive ketones (excluding diaryl/α,β-unsaturated/α-hetero) is 1. The quantitative estimate of drug-likeness (QED) is 0.476. The van der Waals surface area contributed by atoms with Gasteiger partial charge in [-0.05, 0) is 87.4 Å². The van der Waals surface area contributed by atoms with Crippen LogP contribution in [0.25, 0.3) is 0 Å². The Labute approximate surface area is 164 Å². The summed E-state index contributed by atoms with van der Waals surface area (Å²) < 4.78 is 5.87. The van der Waals surface area contributed by atoms with Crippen LogP contribution in [0.2, 0.25) is 0 Å². The Hall–Kier alpha value is -1.12. The Morgan fingerprint density at radius 1 is 1.07 bits per heavy atom. The van der Waals surface area contributed by atoms with Crippen LogP contribution in [0.3, 0.4) is 0 Å². The Morgan fingerprint density at radius 3 is 2.44 bits per heavy atom. The van der Waals surface area contributed by atoms with Gasteiger partial charge in [-0.3, -0.25) is 9.59 Å². The molecule has 3 saturated carbocycles. The first-order valence-electron chi connectivity index (χ1n) is 11.1. The van der Waals surface area contributed by atoms with Gasteiger partial charge in [0.15, 0.2) is 11.4 Å². The van der Waals surface area contributed by atoms with E-state index in [4.69, 9.17) is 4.74 Å². The minimum Gasteiger partial charge on any atom is -0.451 e. The number of hydrogen-bond acceptors (Lipinski definition) is 3. The molecule has 0 heterocycles. The lowest BCUT2D eigenvalue weighted by Gasteiger charge is -2.60. The van der Waals surface area contributed by atoms with Crippen molar-refractivity contribution >= 4 is 11.8 Å². The second-order valence-electron chi connectivity index (χ2n) is 10.5. The maximum Gasteiger partial charge on any atom is 0.303 e. The number of hydrogen-bond donors (Lipinski definition) is 0. The molecule has 4 rings (SSSR count). The summed E-state index contributed by atoms with van der Waals surface area (Å²) in [6, 6.07) is 0. The summed E-state index contributed by atoms with van der Waals surface area (Å²) in [7, 11) is 0. The van der Waals surface area contributed by atoms with Crippen LogP contribution in [-0.4, -0.2) is 17.4 Å². The molecule has 0 aromatic heterocycles. The van der Waals surface area contributed by atoms with Crippen molar-refractivity contribution in [2.75, 3.05) is 0 Å². The third-order valence-electron chi connectivity index (χ3n) is 9.34. The number of carbonyl (C=O) groups excluding carboxylic acids is 2. The smallest absolute Gasteiger partial charge is 0.303 e. The van der Waals surface area contributed by atoms with Gasteiger partial charge in [-0.1, -0.05) is 32.4 Å². The summed E-state index contributed by atoms with van der Waals surface area (Å²) >= 11 is 0. The van der Waals surface area contributed by atoms with Gasteiger partial charge in [-0.25, -0.2) is 0 Å². The zero-order chi connectivity index (χ0) is 19.6. The molecule has 0 aromatic carbocycles. The average Bonchev–Trinajstić information content (AvgIpc) is 2.88. The van der Waals surface area contributed by atoms with Gasteiger partial charge in [0.25, 0.3) is 0 Å². The molecule has 4 aliphatic carbocycles. The summed E-state index contributed by atoms with van der Waals surface area (Å²) in [5.41, 5.74) is 0.943. The van der Waals surface area contributed by atoms with Gasteiger partial charge in [-0.15, -0.1) is 0 Å². The normalized spacial score (nSPS) is 48.7. The van der Waals surface area contributed by atoms with Gasteiger partial charge >= 0.3 is 5.97 Å². The van der Waals surface area contributed by atoms with E-state index in [0.717, 1.165) is 25.2 Å². The fourth-order valence-corrected chi connectivity index (χ4v) is 8.27. The Kier molecular flexibility index (Phi) is 4.40. The molecule has 0 bridgehead atoms. The third-order valence-corrected chi connectivity index (χ3v) is 9.34. The maximum atomic E-state index is 12.8. The lowest BCUT2D eigenvalue weighted by Crippen LogP contribution is -2.59.